The third-order valence-electron chi connectivity index (χ3n) is 2.67. The van der Waals surface area contributed by atoms with E-state index < -0.39 is 0 Å². The number of ether oxygens (including phenoxy) is 1. The van der Waals surface area contributed by atoms with Crippen LogP contribution in [0.25, 0.3) is 0 Å². The molecule has 0 spiro atoms. The van der Waals surface area contributed by atoms with Gasteiger partial charge in [-0.1, -0.05) is 18.2 Å². The van der Waals surface area contributed by atoms with Crippen molar-refractivity contribution in [3.05, 3.63) is 58.3 Å². The maximum Gasteiger partial charge on any atom is 0.125 e. The van der Waals surface area contributed by atoms with Gasteiger partial charge in [-0.15, -0.1) is 0 Å². The average molecular weight is 324 g/mol. The van der Waals surface area contributed by atoms with Crippen LogP contribution in [0.15, 0.2) is 46.9 Å². The standard InChI is InChI=1S/C15H15BrFNO/c1-2-19-15-6-4-3-5-11(15)10-18-14-9-12(17)7-8-13(14)16/h3-9,18H,2,10H2,1H3. The van der Waals surface area contributed by atoms with Crippen LogP contribution < -0.4 is 10.1 Å². The molecule has 0 atom stereocenters. The van der Waals surface area contributed by atoms with Crippen LogP contribution in [0.1, 0.15) is 12.5 Å². The van der Waals surface area contributed by atoms with Crippen molar-refractivity contribution in [2.75, 3.05) is 11.9 Å². The van der Waals surface area contributed by atoms with Crippen molar-refractivity contribution in [2.24, 2.45) is 0 Å². The summed E-state index contributed by atoms with van der Waals surface area (Å²) in [4.78, 5) is 0. The fraction of sp³-hybridized carbons (Fsp3) is 0.200. The summed E-state index contributed by atoms with van der Waals surface area (Å²) in [5, 5.41) is 3.20. The Hall–Kier alpha value is -1.55. The lowest BCUT2D eigenvalue weighted by molar-refractivity contribution is 0.337. The van der Waals surface area contributed by atoms with E-state index in [2.05, 4.69) is 21.2 Å². The normalized spacial score (nSPS) is 10.3. The first-order valence-electron chi connectivity index (χ1n) is 6.10. The Bertz CT molecular complexity index is 560. The quantitative estimate of drug-likeness (QED) is 0.868. The van der Waals surface area contributed by atoms with E-state index in [0.29, 0.717) is 13.2 Å². The maximum absolute atomic E-state index is 13.2. The van der Waals surface area contributed by atoms with Gasteiger partial charge in [0.1, 0.15) is 11.6 Å². The fourth-order valence-electron chi connectivity index (χ4n) is 1.77. The Balaban J connectivity index is 2.12. The lowest BCUT2D eigenvalue weighted by Crippen LogP contribution is -2.03. The van der Waals surface area contributed by atoms with Crippen LogP contribution in [0.3, 0.4) is 0 Å². The summed E-state index contributed by atoms with van der Waals surface area (Å²) >= 11 is 3.39. The van der Waals surface area contributed by atoms with Gasteiger partial charge in [-0.05, 0) is 47.1 Å². The first-order chi connectivity index (χ1) is 9.20. The molecule has 0 fully saturated rings. The molecule has 2 aromatic rings. The van der Waals surface area contributed by atoms with E-state index in [-0.39, 0.29) is 5.82 Å². The van der Waals surface area contributed by atoms with Gasteiger partial charge >= 0.3 is 0 Å². The molecule has 0 aliphatic heterocycles. The lowest BCUT2D eigenvalue weighted by atomic mass is 10.2. The van der Waals surface area contributed by atoms with E-state index in [1.807, 2.05) is 31.2 Å². The summed E-state index contributed by atoms with van der Waals surface area (Å²) in [7, 11) is 0. The molecule has 2 nitrogen and oxygen atoms in total. The molecule has 0 radical (unpaired) electrons. The highest BCUT2D eigenvalue weighted by Gasteiger charge is 2.05. The van der Waals surface area contributed by atoms with Gasteiger partial charge in [0, 0.05) is 16.6 Å². The van der Waals surface area contributed by atoms with E-state index in [0.717, 1.165) is 21.5 Å². The zero-order valence-corrected chi connectivity index (χ0v) is 12.2. The van der Waals surface area contributed by atoms with Crippen molar-refractivity contribution in [2.45, 2.75) is 13.5 Å². The molecular formula is C15H15BrFNO. The first kappa shape index (κ1) is 13.9. The van der Waals surface area contributed by atoms with Gasteiger partial charge in [0.15, 0.2) is 0 Å². The van der Waals surface area contributed by atoms with Gasteiger partial charge in [-0.2, -0.15) is 0 Å². The van der Waals surface area contributed by atoms with E-state index in [1.165, 1.54) is 12.1 Å². The molecule has 0 aliphatic carbocycles. The molecule has 1 N–H and O–H groups in total. The number of hydrogen-bond donors (Lipinski definition) is 1. The number of para-hydroxylation sites is 1. The van der Waals surface area contributed by atoms with Crippen LogP contribution in [0, 0.1) is 5.82 Å². The summed E-state index contributed by atoms with van der Waals surface area (Å²) in [5.41, 5.74) is 1.77. The van der Waals surface area contributed by atoms with Crippen molar-refractivity contribution >= 4 is 21.6 Å². The predicted molar refractivity (Wildman–Crippen MR) is 79.0 cm³/mol. The Morgan fingerprint density at radius 3 is 2.79 bits per heavy atom. The molecule has 0 bridgehead atoms. The van der Waals surface area contributed by atoms with Gasteiger partial charge in [0.05, 0.1) is 12.3 Å². The molecule has 0 heterocycles. The number of hydrogen-bond acceptors (Lipinski definition) is 2. The average Bonchev–Trinajstić information content (AvgIpc) is 2.42. The Labute approximate surface area is 120 Å². The number of rotatable bonds is 5. The summed E-state index contributed by atoms with van der Waals surface area (Å²) in [6.45, 7) is 3.16. The zero-order chi connectivity index (χ0) is 13.7. The molecule has 2 rings (SSSR count). The molecule has 19 heavy (non-hydrogen) atoms. The smallest absolute Gasteiger partial charge is 0.125 e. The number of benzene rings is 2. The van der Waals surface area contributed by atoms with Crippen molar-refractivity contribution in [3.8, 4) is 5.75 Å². The molecule has 4 heteroatoms. The van der Waals surface area contributed by atoms with Crippen LogP contribution in [0.2, 0.25) is 0 Å². The SMILES string of the molecule is CCOc1ccccc1CNc1cc(F)ccc1Br. The van der Waals surface area contributed by atoms with Crippen LogP contribution in [0.5, 0.6) is 5.75 Å². The Morgan fingerprint density at radius 1 is 1.21 bits per heavy atom. The highest BCUT2D eigenvalue weighted by molar-refractivity contribution is 9.10. The van der Waals surface area contributed by atoms with Gasteiger partial charge in [0.2, 0.25) is 0 Å². The molecule has 0 aliphatic rings. The van der Waals surface area contributed by atoms with E-state index in [1.54, 1.807) is 6.07 Å². The first-order valence-corrected chi connectivity index (χ1v) is 6.89. The second-order valence-electron chi connectivity index (χ2n) is 4.02. The number of anilines is 1. The molecule has 0 saturated carbocycles. The summed E-state index contributed by atoms with van der Waals surface area (Å²) in [6.07, 6.45) is 0. The van der Waals surface area contributed by atoms with E-state index >= 15 is 0 Å². The molecule has 0 saturated heterocycles. The largest absolute Gasteiger partial charge is 0.494 e. The lowest BCUT2D eigenvalue weighted by Gasteiger charge is -2.12. The highest BCUT2D eigenvalue weighted by Crippen LogP contribution is 2.25. The number of halogens is 2. The van der Waals surface area contributed by atoms with Crippen LogP contribution in [-0.4, -0.2) is 6.61 Å². The topological polar surface area (TPSA) is 21.3 Å². The summed E-state index contributed by atoms with van der Waals surface area (Å²) in [6, 6.07) is 12.4. The minimum Gasteiger partial charge on any atom is -0.494 e. The number of nitrogens with one attached hydrogen (secondary N) is 1. The second kappa shape index (κ2) is 6.57. The molecule has 2 aromatic carbocycles. The fourth-order valence-corrected chi connectivity index (χ4v) is 2.16. The van der Waals surface area contributed by atoms with Gasteiger partial charge < -0.3 is 10.1 Å². The van der Waals surface area contributed by atoms with Crippen LogP contribution >= 0.6 is 15.9 Å². The highest BCUT2D eigenvalue weighted by atomic mass is 79.9. The molecule has 100 valence electrons. The monoisotopic (exact) mass is 323 g/mol. The van der Waals surface area contributed by atoms with Crippen molar-refractivity contribution in [3.63, 3.8) is 0 Å². The summed E-state index contributed by atoms with van der Waals surface area (Å²) < 4.78 is 19.6. The van der Waals surface area contributed by atoms with Gasteiger partial charge in [-0.25, -0.2) is 4.39 Å². The maximum atomic E-state index is 13.2. The molecular weight excluding hydrogens is 309 g/mol. The minimum atomic E-state index is -0.260. The molecule has 0 amide bonds. The molecule has 0 unspecified atom stereocenters. The Morgan fingerprint density at radius 2 is 2.00 bits per heavy atom. The Kier molecular flexibility index (Phi) is 4.80. The van der Waals surface area contributed by atoms with Crippen LogP contribution in [-0.2, 0) is 6.54 Å². The minimum absolute atomic E-state index is 0.260. The molecule has 0 aromatic heterocycles. The van der Waals surface area contributed by atoms with E-state index in [9.17, 15) is 4.39 Å². The third kappa shape index (κ3) is 3.70. The predicted octanol–water partition coefficient (Wildman–Crippen LogP) is 4.60. The van der Waals surface area contributed by atoms with Gasteiger partial charge in [0.25, 0.3) is 0 Å². The van der Waals surface area contributed by atoms with Crippen molar-refractivity contribution in [1.29, 1.82) is 0 Å². The van der Waals surface area contributed by atoms with Crippen LogP contribution in [0.4, 0.5) is 10.1 Å². The third-order valence-corrected chi connectivity index (χ3v) is 3.36. The van der Waals surface area contributed by atoms with E-state index in [4.69, 9.17) is 4.74 Å². The van der Waals surface area contributed by atoms with Crippen molar-refractivity contribution in [1.82, 2.24) is 0 Å². The second-order valence-corrected chi connectivity index (χ2v) is 4.87. The van der Waals surface area contributed by atoms with Gasteiger partial charge in [-0.3, -0.25) is 0 Å². The van der Waals surface area contributed by atoms with Crippen molar-refractivity contribution < 1.29 is 9.13 Å². The zero-order valence-electron chi connectivity index (χ0n) is 10.6. The summed E-state index contributed by atoms with van der Waals surface area (Å²) in [5.74, 6) is 0.591.